The molecule has 0 radical (unpaired) electrons. The Morgan fingerprint density at radius 2 is 1.81 bits per heavy atom. The Hall–Kier alpha value is -4.61. The molecule has 37 heavy (non-hydrogen) atoms. The van der Waals surface area contributed by atoms with Crippen LogP contribution in [0.2, 0.25) is 0 Å². The second-order valence-electron chi connectivity index (χ2n) is 9.45. The van der Waals surface area contributed by atoms with Crippen LogP contribution in [0.25, 0.3) is 5.65 Å². The third-order valence-corrected chi connectivity index (χ3v) is 5.79. The van der Waals surface area contributed by atoms with E-state index in [1.807, 2.05) is 54.0 Å². The average molecular weight is 507 g/mol. The van der Waals surface area contributed by atoms with Crippen LogP contribution >= 0.6 is 0 Å². The molecular formula is C25H30N8O4. The highest BCUT2D eigenvalue weighted by atomic mass is 16.6. The molecule has 12 heteroatoms. The van der Waals surface area contributed by atoms with Crippen LogP contribution < -0.4 is 20.3 Å². The lowest BCUT2D eigenvalue weighted by Crippen LogP contribution is -2.24. The molecular weight excluding hydrogens is 476 g/mol. The van der Waals surface area contributed by atoms with Crippen molar-refractivity contribution in [3.63, 3.8) is 0 Å². The molecule has 5 heterocycles. The van der Waals surface area contributed by atoms with Crippen molar-refractivity contribution in [3.05, 3.63) is 54.6 Å². The molecule has 194 valence electrons. The van der Waals surface area contributed by atoms with E-state index in [4.69, 9.17) is 29.7 Å². The average Bonchev–Trinajstić information content (AvgIpc) is 3.43. The topological polar surface area (TPSA) is 150 Å². The van der Waals surface area contributed by atoms with E-state index in [0.29, 0.717) is 17.6 Å². The van der Waals surface area contributed by atoms with Crippen LogP contribution in [0.5, 0.6) is 5.75 Å². The Labute approximate surface area is 214 Å². The van der Waals surface area contributed by atoms with Crippen molar-refractivity contribution in [2.24, 2.45) is 5.41 Å². The maximum Gasteiger partial charge on any atom is 0.503 e. The molecule has 4 N–H and O–H groups in total. The first kappa shape index (κ1) is 25.5. The molecule has 5 rings (SSSR count). The number of nitrogens with one attached hydrogen (secondary N) is 2. The summed E-state index contributed by atoms with van der Waals surface area (Å²) in [4.78, 5) is 29.3. The zero-order chi connectivity index (χ0) is 26.6. The molecule has 12 nitrogen and oxygen atoms in total. The highest BCUT2D eigenvalue weighted by Crippen LogP contribution is 2.33. The maximum atomic E-state index is 8.56. The zero-order valence-electron chi connectivity index (χ0n) is 21.1. The quantitative estimate of drug-likeness (QED) is 0.286. The van der Waals surface area contributed by atoms with Crippen molar-refractivity contribution in [1.29, 1.82) is 0 Å². The van der Waals surface area contributed by atoms with Crippen molar-refractivity contribution in [2.45, 2.75) is 27.2 Å². The molecule has 1 aliphatic rings. The smallest absolute Gasteiger partial charge is 0.497 e. The van der Waals surface area contributed by atoms with Gasteiger partial charge in [-0.15, -0.1) is 0 Å². The monoisotopic (exact) mass is 506 g/mol. The largest absolute Gasteiger partial charge is 0.503 e. The summed E-state index contributed by atoms with van der Waals surface area (Å²) in [6.07, 6.45) is 4.96. The zero-order valence-corrected chi connectivity index (χ0v) is 21.1. The van der Waals surface area contributed by atoms with Crippen molar-refractivity contribution in [3.8, 4) is 5.75 Å². The highest BCUT2D eigenvalue weighted by molar-refractivity contribution is 5.66. The Morgan fingerprint density at radius 3 is 2.51 bits per heavy atom. The number of methoxy groups -OCH3 is 1. The lowest BCUT2D eigenvalue weighted by molar-refractivity contribution is 0.137. The Bertz CT molecular complexity index is 1400. The summed E-state index contributed by atoms with van der Waals surface area (Å²) >= 11 is 0. The summed E-state index contributed by atoms with van der Waals surface area (Å²) in [6, 6.07) is 9.69. The van der Waals surface area contributed by atoms with E-state index in [9.17, 15) is 0 Å². The number of aromatic nitrogens is 5. The lowest BCUT2D eigenvalue weighted by atomic mass is 9.93. The first-order valence-electron chi connectivity index (χ1n) is 11.7. The van der Waals surface area contributed by atoms with Gasteiger partial charge in [-0.2, -0.15) is 9.97 Å². The van der Waals surface area contributed by atoms with Crippen molar-refractivity contribution < 1.29 is 19.7 Å². The molecule has 0 aromatic carbocycles. The van der Waals surface area contributed by atoms with Crippen molar-refractivity contribution in [2.75, 3.05) is 35.7 Å². The molecule has 0 aliphatic carbocycles. The predicted molar refractivity (Wildman–Crippen MR) is 141 cm³/mol. The number of hydrogen-bond acceptors (Lipinski definition) is 9. The van der Waals surface area contributed by atoms with E-state index >= 15 is 0 Å². The number of aryl methyl sites for hydroxylation is 1. The summed E-state index contributed by atoms with van der Waals surface area (Å²) in [6.45, 7) is 8.40. The number of anilines is 5. The minimum atomic E-state index is -1.83. The van der Waals surface area contributed by atoms with E-state index in [1.54, 1.807) is 13.3 Å². The van der Waals surface area contributed by atoms with Gasteiger partial charge in [-0.1, -0.05) is 13.8 Å². The summed E-state index contributed by atoms with van der Waals surface area (Å²) in [5.74, 6) is 3.41. The van der Waals surface area contributed by atoms with Crippen molar-refractivity contribution in [1.82, 2.24) is 24.3 Å². The maximum absolute atomic E-state index is 8.56. The standard InChI is InChI=1S/C24H28N8O.CH2O3/c1-16-11-18(33-4)13-19(26-16)28-23-29-20(14-22(30-23)32-9-6-24(2,3)15-32)27-17-5-8-31-10-7-25-21(31)12-17;2-1(3)4/h5,7-8,10-14H,6,9,15H2,1-4H3,(H2,26,27,28,29,30);(H2,2,3,4). The number of rotatable bonds is 6. The fraction of sp³-hybridized carbons (Fsp3) is 0.320. The highest BCUT2D eigenvalue weighted by Gasteiger charge is 2.30. The van der Waals surface area contributed by atoms with Gasteiger partial charge in [0.1, 0.15) is 28.9 Å². The van der Waals surface area contributed by atoms with Crippen molar-refractivity contribution >= 4 is 40.9 Å². The van der Waals surface area contributed by atoms with Gasteiger partial charge in [0, 0.05) is 67.3 Å². The molecule has 0 unspecified atom stereocenters. The fourth-order valence-electron chi connectivity index (χ4n) is 4.09. The van der Waals surface area contributed by atoms with Crippen LogP contribution in [-0.2, 0) is 0 Å². The molecule has 1 aliphatic heterocycles. The van der Waals surface area contributed by atoms with Gasteiger partial charge in [-0.3, -0.25) is 0 Å². The van der Waals surface area contributed by atoms with E-state index in [-0.39, 0.29) is 5.41 Å². The number of nitrogens with zero attached hydrogens (tertiary/aromatic N) is 6. The predicted octanol–water partition coefficient (Wildman–Crippen LogP) is 4.78. The van der Waals surface area contributed by atoms with Crippen LogP contribution in [0.3, 0.4) is 0 Å². The normalized spacial score (nSPS) is 14.1. The molecule has 1 fully saturated rings. The summed E-state index contributed by atoms with van der Waals surface area (Å²) in [5, 5.41) is 20.6. The number of carboxylic acid groups (broad SMARTS) is 2. The van der Waals surface area contributed by atoms with E-state index in [1.165, 1.54) is 0 Å². The third kappa shape index (κ3) is 6.75. The van der Waals surface area contributed by atoms with Gasteiger partial charge >= 0.3 is 6.16 Å². The lowest BCUT2D eigenvalue weighted by Gasteiger charge is -2.22. The number of ether oxygens (including phenoxy) is 1. The van der Waals surface area contributed by atoms with Gasteiger partial charge in [0.2, 0.25) is 5.95 Å². The molecule has 0 bridgehead atoms. The summed E-state index contributed by atoms with van der Waals surface area (Å²) in [5.41, 5.74) is 2.87. The molecule has 0 atom stereocenters. The van der Waals surface area contributed by atoms with Crippen LogP contribution in [0.4, 0.5) is 33.9 Å². The van der Waals surface area contributed by atoms with Gasteiger partial charge < -0.3 is 34.9 Å². The number of carbonyl (C=O) groups is 1. The third-order valence-electron chi connectivity index (χ3n) is 5.79. The fourth-order valence-corrected chi connectivity index (χ4v) is 4.09. The Kier molecular flexibility index (Phi) is 7.27. The van der Waals surface area contributed by atoms with Gasteiger partial charge in [0.05, 0.1) is 7.11 Å². The number of imidazole rings is 1. The molecule has 0 saturated carbocycles. The SMILES string of the molecule is COc1cc(C)nc(Nc2nc(Nc3ccn4ccnc4c3)cc(N3CCC(C)(C)C3)n2)c1.O=C(O)O. The molecule has 4 aromatic rings. The van der Waals surface area contributed by atoms with Gasteiger partial charge in [-0.25, -0.2) is 14.8 Å². The van der Waals surface area contributed by atoms with E-state index < -0.39 is 6.16 Å². The number of pyridine rings is 2. The minimum absolute atomic E-state index is 0.253. The van der Waals surface area contributed by atoms with Gasteiger partial charge in [0.15, 0.2) is 0 Å². The second-order valence-corrected chi connectivity index (χ2v) is 9.45. The Morgan fingerprint density at radius 1 is 1.05 bits per heavy atom. The number of hydrogen-bond donors (Lipinski definition) is 4. The van der Waals surface area contributed by atoms with Crippen LogP contribution in [0, 0.1) is 12.3 Å². The van der Waals surface area contributed by atoms with Gasteiger partial charge in [0.25, 0.3) is 0 Å². The first-order valence-corrected chi connectivity index (χ1v) is 11.7. The van der Waals surface area contributed by atoms with E-state index in [2.05, 4.69) is 39.3 Å². The van der Waals surface area contributed by atoms with E-state index in [0.717, 1.165) is 48.1 Å². The first-order chi connectivity index (χ1) is 17.6. The van der Waals surface area contributed by atoms with Crippen LogP contribution in [0.1, 0.15) is 26.0 Å². The number of fused-ring (bicyclic) bond motifs is 1. The van der Waals surface area contributed by atoms with Crippen LogP contribution in [0.15, 0.2) is 48.9 Å². The molecule has 0 amide bonds. The molecule has 4 aromatic heterocycles. The van der Waals surface area contributed by atoms with Crippen LogP contribution in [-0.4, -0.2) is 60.9 Å². The molecule has 1 saturated heterocycles. The second kappa shape index (κ2) is 10.6. The molecule has 0 spiro atoms. The summed E-state index contributed by atoms with van der Waals surface area (Å²) < 4.78 is 7.35. The minimum Gasteiger partial charge on any atom is -0.497 e. The summed E-state index contributed by atoms with van der Waals surface area (Å²) in [7, 11) is 1.64. The van der Waals surface area contributed by atoms with Gasteiger partial charge in [-0.05, 0) is 24.8 Å². The Balaban J connectivity index is 0.000000747.